The first kappa shape index (κ1) is 29.3. The molecule has 214 valence electrons. The van der Waals surface area contributed by atoms with E-state index in [9.17, 15) is 35.4 Å². The Bertz CT molecular complexity index is 960. The Kier molecular flexibility index (Phi) is 9.41. The van der Waals surface area contributed by atoms with Gasteiger partial charge in [-0.25, -0.2) is 4.79 Å². The van der Waals surface area contributed by atoms with Gasteiger partial charge in [-0.15, -0.1) is 0 Å². The largest absolute Gasteiger partial charge is 0.454 e. The maximum atomic E-state index is 12.1. The molecule has 3 aliphatic heterocycles. The van der Waals surface area contributed by atoms with E-state index in [1.165, 1.54) is 0 Å². The molecule has 4 aliphatic rings. The number of rotatable bonds is 7. The number of aliphatic hydroxyl groups is 6. The van der Waals surface area contributed by atoms with Gasteiger partial charge in [-0.3, -0.25) is 0 Å². The summed E-state index contributed by atoms with van der Waals surface area (Å²) < 4.78 is 27.7. The van der Waals surface area contributed by atoms with E-state index in [0.29, 0.717) is 24.8 Å². The molecule has 3 heterocycles. The molecule has 0 amide bonds. The van der Waals surface area contributed by atoms with Crippen LogP contribution in [0.5, 0.6) is 0 Å². The zero-order valence-corrected chi connectivity index (χ0v) is 21.6. The van der Waals surface area contributed by atoms with Gasteiger partial charge in [0.15, 0.2) is 12.6 Å². The molecule has 2 saturated heterocycles. The highest BCUT2D eigenvalue weighted by atomic mass is 16.7. The minimum atomic E-state index is -1.87. The van der Waals surface area contributed by atoms with Crippen molar-refractivity contribution >= 4 is 5.97 Å². The smallest absolute Gasteiger partial charge is 0.334 e. The van der Waals surface area contributed by atoms with Crippen molar-refractivity contribution in [3.8, 4) is 0 Å². The monoisotopic (exact) mass is 542 g/mol. The maximum Gasteiger partial charge on any atom is 0.334 e. The number of carbonyl (C=O) groups is 1. The van der Waals surface area contributed by atoms with Crippen LogP contribution in [0.2, 0.25) is 0 Å². The van der Waals surface area contributed by atoms with Crippen LogP contribution in [0.25, 0.3) is 0 Å². The zero-order valence-electron chi connectivity index (χ0n) is 21.6. The quantitative estimate of drug-likeness (QED) is 0.170. The Hall–Kier alpha value is -1.71. The van der Waals surface area contributed by atoms with E-state index in [1.807, 2.05) is 13.0 Å². The first-order valence-corrected chi connectivity index (χ1v) is 12.8. The third-order valence-corrected chi connectivity index (χ3v) is 7.61. The van der Waals surface area contributed by atoms with Gasteiger partial charge in [0.1, 0.15) is 42.2 Å². The number of esters is 1. The number of fused-ring (bicyclic) bond motifs is 1. The molecular weight excluding hydrogens is 504 g/mol. The number of carbonyl (C=O) groups excluding carboxylic acids is 1. The fourth-order valence-electron chi connectivity index (χ4n) is 4.98. The van der Waals surface area contributed by atoms with E-state index < -0.39 is 55.3 Å². The van der Waals surface area contributed by atoms with Crippen molar-refractivity contribution in [3.63, 3.8) is 0 Å². The predicted molar refractivity (Wildman–Crippen MR) is 129 cm³/mol. The van der Waals surface area contributed by atoms with E-state index in [-0.39, 0.29) is 31.9 Å². The molecule has 38 heavy (non-hydrogen) atoms. The van der Waals surface area contributed by atoms with Crippen molar-refractivity contribution in [3.05, 3.63) is 34.4 Å². The predicted octanol–water partition coefficient (Wildman–Crippen LogP) is -1.04. The summed E-state index contributed by atoms with van der Waals surface area (Å²) >= 11 is 0. The standard InChI is InChI=1S/C26H38O12/c1-13-4-3-5-15(6-7-16-14(2)23(32)37-17(16)8-13)9-34-24-21(30)20(29)19(28)18(38-24)10-35-25-22(31)26(33,11-27)12-36-25/h4,6,17-22,24-25,27-31,33H,3,5,7-12H2,1-2H3/b13-4-,15-6+/t17-,18-,19+,20-,21+,22-,24-,25-,26+/m0/s1. The van der Waals surface area contributed by atoms with Gasteiger partial charge < -0.3 is 54.3 Å². The highest BCUT2D eigenvalue weighted by Crippen LogP contribution is 2.32. The lowest BCUT2D eigenvalue weighted by molar-refractivity contribution is -0.307. The molecule has 0 saturated carbocycles. The van der Waals surface area contributed by atoms with Gasteiger partial charge in [-0.2, -0.15) is 0 Å². The van der Waals surface area contributed by atoms with Crippen LogP contribution in [0.1, 0.15) is 39.5 Å². The molecule has 0 aromatic rings. The summed E-state index contributed by atoms with van der Waals surface area (Å²) in [6.45, 7) is 2.39. The first-order valence-electron chi connectivity index (χ1n) is 12.8. The second-order valence-corrected chi connectivity index (χ2v) is 10.4. The summed E-state index contributed by atoms with van der Waals surface area (Å²) in [5, 5.41) is 60.7. The molecule has 0 unspecified atom stereocenters. The second kappa shape index (κ2) is 12.2. The Morgan fingerprint density at radius 3 is 2.53 bits per heavy atom. The van der Waals surface area contributed by atoms with Crippen LogP contribution >= 0.6 is 0 Å². The lowest BCUT2D eigenvalue weighted by atomic mass is 9.94. The van der Waals surface area contributed by atoms with E-state index in [4.69, 9.17) is 23.7 Å². The van der Waals surface area contributed by atoms with Gasteiger partial charge in [0, 0.05) is 12.0 Å². The fraction of sp³-hybridized carbons (Fsp3) is 0.731. The molecule has 6 N–H and O–H groups in total. The SMILES string of the molecule is CC1=C2C/C=C(/CO[C@H]3O[C@@H](CO[C@H]4OC[C@](O)(CO)[C@H]4O)[C@@H](O)[C@H](O)[C@H]3O)CC/C=C(/C)C[C@@H]2OC1=O. The summed E-state index contributed by atoms with van der Waals surface area (Å²) in [5.41, 5.74) is 1.69. The van der Waals surface area contributed by atoms with Crippen LogP contribution in [-0.4, -0.2) is 118 Å². The van der Waals surface area contributed by atoms with Crippen molar-refractivity contribution in [2.24, 2.45) is 0 Å². The van der Waals surface area contributed by atoms with Gasteiger partial charge >= 0.3 is 5.97 Å². The molecular formula is C26H38O12. The topological polar surface area (TPSA) is 185 Å². The van der Waals surface area contributed by atoms with Crippen molar-refractivity contribution in [2.75, 3.05) is 26.4 Å². The van der Waals surface area contributed by atoms with Crippen molar-refractivity contribution in [1.29, 1.82) is 0 Å². The highest BCUT2D eigenvalue weighted by molar-refractivity contribution is 5.91. The van der Waals surface area contributed by atoms with Gasteiger partial charge in [-0.1, -0.05) is 17.7 Å². The molecule has 2 fully saturated rings. The third-order valence-electron chi connectivity index (χ3n) is 7.61. The lowest BCUT2D eigenvalue weighted by Gasteiger charge is -2.40. The Morgan fingerprint density at radius 2 is 1.82 bits per heavy atom. The zero-order chi connectivity index (χ0) is 27.6. The van der Waals surface area contributed by atoms with Gasteiger partial charge in [0.05, 0.1) is 26.4 Å². The Morgan fingerprint density at radius 1 is 1.05 bits per heavy atom. The molecule has 0 bridgehead atoms. The van der Waals surface area contributed by atoms with Crippen LogP contribution in [-0.2, 0) is 28.5 Å². The summed E-state index contributed by atoms with van der Waals surface area (Å²) in [6, 6.07) is 0. The van der Waals surface area contributed by atoms with Crippen LogP contribution in [0, 0.1) is 0 Å². The van der Waals surface area contributed by atoms with Crippen LogP contribution in [0.15, 0.2) is 34.4 Å². The van der Waals surface area contributed by atoms with Crippen LogP contribution in [0.4, 0.5) is 0 Å². The van der Waals surface area contributed by atoms with E-state index in [2.05, 4.69) is 6.08 Å². The first-order chi connectivity index (χ1) is 18.0. The van der Waals surface area contributed by atoms with E-state index >= 15 is 0 Å². The van der Waals surface area contributed by atoms with Crippen molar-refractivity contribution in [1.82, 2.24) is 0 Å². The molecule has 1 aliphatic carbocycles. The van der Waals surface area contributed by atoms with E-state index in [0.717, 1.165) is 23.1 Å². The lowest BCUT2D eigenvalue weighted by Crippen LogP contribution is -2.59. The molecule has 9 atom stereocenters. The molecule has 12 nitrogen and oxygen atoms in total. The summed E-state index contributed by atoms with van der Waals surface area (Å²) in [7, 11) is 0. The number of aliphatic hydroxyl groups excluding tert-OH is 5. The van der Waals surface area contributed by atoms with Crippen molar-refractivity contribution in [2.45, 2.75) is 94.3 Å². The average molecular weight is 543 g/mol. The minimum Gasteiger partial charge on any atom is -0.454 e. The normalized spacial score (nSPS) is 43.2. The summed E-state index contributed by atoms with van der Waals surface area (Å²) in [4.78, 5) is 12.1. The minimum absolute atomic E-state index is 0.0742. The average Bonchev–Trinajstić information content (AvgIpc) is 3.33. The van der Waals surface area contributed by atoms with Crippen LogP contribution in [0.3, 0.4) is 0 Å². The molecule has 0 spiro atoms. The van der Waals surface area contributed by atoms with Gasteiger partial charge in [-0.05, 0) is 44.3 Å². The molecule has 0 aromatic heterocycles. The van der Waals surface area contributed by atoms with Crippen molar-refractivity contribution < 1.29 is 59.1 Å². The van der Waals surface area contributed by atoms with E-state index in [1.54, 1.807) is 6.92 Å². The molecule has 12 heteroatoms. The highest BCUT2D eigenvalue weighted by Gasteiger charge is 2.50. The molecule has 4 rings (SSSR count). The van der Waals surface area contributed by atoms with Gasteiger partial charge in [0.25, 0.3) is 0 Å². The maximum absolute atomic E-state index is 12.1. The third kappa shape index (κ3) is 6.20. The summed E-state index contributed by atoms with van der Waals surface area (Å²) in [5.74, 6) is -0.306. The molecule has 0 aromatic carbocycles. The fourth-order valence-corrected chi connectivity index (χ4v) is 4.98. The Balaban J connectivity index is 1.38. The second-order valence-electron chi connectivity index (χ2n) is 10.4. The Labute approximate surface area is 220 Å². The molecule has 0 radical (unpaired) electrons. The number of allylic oxidation sites excluding steroid dienone is 2. The number of hydrogen-bond acceptors (Lipinski definition) is 12. The van der Waals surface area contributed by atoms with Crippen LogP contribution < -0.4 is 0 Å². The number of ether oxygens (including phenoxy) is 5. The summed E-state index contributed by atoms with van der Waals surface area (Å²) in [6.07, 6.45) is -3.52. The van der Waals surface area contributed by atoms with Gasteiger partial charge in [0.2, 0.25) is 0 Å². The number of hydrogen-bond donors (Lipinski definition) is 6.